The summed E-state index contributed by atoms with van der Waals surface area (Å²) >= 11 is 0. The number of hydrogen-bond donors (Lipinski definition) is 1. The maximum absolute atomic E-state index is 8.97. The molecule has 0 saturated heterocycles. The summed E-state index contributed by atoms with van der Waals surface area (Å²) in [4.78, 5) is 6.16. The van der Waals surface area contributed by atoms with Crippen LogP contribution >= 0.6 is 0 Å². The van der Waals surface area contributed by atoms with Gasteiger partial charge in [-0.3, -0.25) is 0 Å². The number of aliphatic hydroxyl groups excluding tert-OH is 1. The lowest BCUT2D eigenvalue weighted by Crippen LogP contribution is -2.21. The molecule has 21 heavy (non-hydrogen) atoms. The van der Waals surface area contributed by atoms with Crippen molar-refractivity contribution in [2.24, 2.45) is 0 Å². The minimum atomic E-state index is 0.0972. The van der Waals surface area contributed by atoms with Crippen LogP contribution in [0.3, 0.4) is 0 Å². The number of nitrogens with zero attached hydrogens (tertiary/aromatic N) is 2. The van der Waals surface area contributed by atoms with E-state index in [1.165, 1.54) is 5.56 Å². The van der Waals surface area contributed by atoms with Crippen LogP contribution in [0.1, 0.15) is 25.3 Å². The molecular weight excluding hydrogens is 264 g/mol. The molecular formula is C17H22N2O2. The second-order valence-electron chi connectivity index (χ2n) is 5.32. The number of likely N-dealkylation sites (N-methyl/N-ethyl adjacent to an activating group) is 1. The van der Waals surface area contributed by atoms with Gasteiger partial charge in [0.25, 0.3) is 0 Å². The van der Waals surface area contributed by atoms with E-state index >= 15 is 0 Å². The molecule has 1 N–H and O–H groups in total. The lowest BCUT2D eigenvalue weighted by atomic mass is 10.0. The fourth-order valence-corrected chi connectivity index (χ4v) is 1.99. The monoisotopic (exact) mass is 286 g/mol. The molecule has 2 aromatic rings. The molecule has 0 aliphatic heterocycles. The number of rotatable bonds is 6. The van der Waals surface area contributed by atoms with Crippen molar-refractivity contribution in [2.45, 2.75) is 19.8 Å². The van der Waals surface area contributed by atoms with Gasteiger partial charge >= 0.3 is 0 Å². The second-order valence-corrected chi connectivity index (χ2v) is 5.32. The van der Waals surface area contributed by atoms with E-state index in [4.69, 9.17) is 9.84 Å². The highest BCUT2D eigenvalue weighted by Gasteiger charge is 2.05. The maximum atomic E-state index is 8.97. The molecule has 0 aliphatic rings. The predicted octanol–water partition coefficient (Wildman–Crippen LogP) is 3.43. The zero-order valence-corrected chi connectivity index (χ0v) is 12.8. The smallest absolute Gasteiger partial charge is 0.132 e. The van der Waals surface area contributed by atoms with Crippen molar-refractivity contribution in [3.8, 4) is 11.5 Å². The van der Waals surface area contributed by atoms with Crippen LogP contribution < -0.4 is 9.64 Å². The molecule has 1 heterocycles. The Balaban J connectivity index is 2.10. The Morgan fingerprint density at radius 1 is 1.14 bits per heavy atom. The third-order valence-corrected chi connectivity index (χ3v) is 3.33. The average Bonchev–Trinajstić information content (AvgIpc) is 2.48. The van der Waals surface area contributed by atoms with Crippen molar-refractivity contribution in [2.75, 3.05) is 25.1 Å². The Morgan fingerprint density at radius 3 is 2.48 bits per heavy atom. The van der Waals surface area contributed by atoms with Gasteiger partial charge in [-0.2, -0.15) is 0 Å². The maximum Gasteiger partial charge on any atom is 0.132 e. The number of aliphatic hydroxyl groups is 1. The van der Waals surface area contributed by atoms with Gasteiger partial charge in [-0.1, -0.05) is 26.0 Å². The molecule has 1 aromatic heterocycles. The fraction of sp³-hybridized carbons (Fsp3) is 0.353. The van der Waals surface area contributed by atoms with E-state index in [9.17, 15) is 0 Å². The van der Waals surface area contributed by atoms with E-state index in [-0.39, 0.29) is 6.61 Å². The third kappa shape index (κ3) is 4.20. The van der Waals surface area contributed by atoms with E-state index in [1.54, 1.807) is 6.20 Å². The molecule has 0 bridgehead atoms. The molecule has 0 amide bonds. The van der Waals surface area contributed by atoms with Gasteiger partial charge in [-0.25, -0.2) is 4.98 Å². The van der Waals surface area contributed by atoms with Gasteiger partial charge in [0.05, 0.1) is 6.61 Å². The fourth-order valence-electron chi connectivity index (χ4n) is 1.99. The first kappa shape index (κ1) is 15.3. The first-order chi connectivity index (χ1) is 10.1. The molecule has 112 valence electrons. The Morgan fingerprint density at radius 2 is 1.86 bits per heavy atom. The number of ether oxygens (including phenoxy) is 1. The number of anilines is 1. The van der Waals surface area contributed by atoms with Crippen molar-refractivity contribution in [3.63, 3.8) is 0 Å². The molecule has 2 rings (SSSR count). The summed E-state index contributed by atoms with van der Waals surface area (Å²) in [5.74, 6) is 2.84. The Kier molecular flexibility index (Phi) is 5.17. The minimum Gasteiger partial charge on any atom is -0.457 e. The molecule has 4 nitrogen and oxygen atoms in total. The standard InChI is InChI=1S/C17H22N2O2/c1-13(2)14-4-6-15(7-5-14)21-16-8-9-18-17(12-16)19(3)10-11-20/h4-9,12-13,20H,10-11H2,1-3H3. The van der Waals surface area contributed by atoms with E-state index < -0.39 is 0 Å². The van der Waals surface area contributed by atoms with E-state index in [0.717, 1.165) is 17.3 Å². The van der Waals surface area contributed by atoms with Crippen molar-refractivity contribution < 1.29 is 9.84 Å². The summed E-state index contributed by atoms with van der Waals surface area (Å²) in [5.41, 5.74) is 1.29. The van der Waals surface area contributed by atoms with Gasteiger partial charge in [0.2, 0.25) is 0 Å². The van der Waals surface area contributed by atoms with Crippen LogP contribution in [0.4, 0.5) is 5.82 Å². The molecule has 4 heteroatoms. The minimum absolute atomic E-state index is 0.0972. The van der Waals surface area contributed by atoms with Crippen LogP contribution in [0.25, 0.3) is 0 Å². The quantitative estimate of drug-likeness (QED) is 0.883. The van der Waals surface area contributed by atoms with Crippen LogP contribution in [0, 0.1) is 0 Å². The first-order valence-electron chi connectivity index (χ1n) is 7.16. The van der Waals surface area contributed by atoms with Gasteiger partial charge < -0.3 is 14.7 Å². The highest BCUT2D eigenvalue weighted by molar-refractivity contribution is 5.44. The third-order valence-electron chi connectivity index (χ3n) is 3.33. The molecule has 0 fully saturated rings. The summed E-state index contributed by atoms with van der Waals surface area (Å²) in [6, 6.07) is 11.8. The zero-order chi connectivity index (χ0) is 15.2. The summed E-state index contributed by atoms with van der Waals surface area (Å²) in [6.45, 7) is 4.98. The Labute approximate surface area is 126 Å². The van der Waals surface area contributed by atoms with Crippen LogP contribution in [0.5, 0.6) is 11.5 Å². The van der Waals surface area contributed by atoms with Crippen LogP contribution in [-0.4, -0.2) is 30.3 Å². The van der Waals surface area contributed by atoms with Crippen LogP contribution in [-0.2, 0) is 0 Å². The van der Waals surface area contributed by atoms with Gasteiger partial charge in [0, 0.05) is 25.9 Å². The number of aromatic nitrogens is 1. The largest absolute Gasteiger partial charge is 0.457 e. The summed E-state index contributed by atoms with van der Waals surface area (Å²) in [5, 5.41) is 8.97. The summed E-state index contributed by atoms with van der Waals surface area (Å²) in [7, 11) is 1.89. The molecule has 0 unspecified atom stereocenters. The Hall–Kier alpha value is -2.07. The number of benzene rings is 1. The second kappa shape index (κ2) is 7.09. The summed E-state index contributed by atoms with van der Waals surface area (Å²) in [6.07, 6.45) is 1.71. The lowest BCUT2D eigenvalue weighted by Gasteiger charge is -2.17. The molecule has 0 radical (unpaired) electrons. The molecule has 0 aliphatic carbocycles. The van der Waals surface area contributed by atoms with Crippen molar-refractivity contribution in [1.29, 1.82) is 0 Å². The van der Waals surface area contributed by atoms with Crippen molar-refractivity contribution in [1.82, 2.24) is 4.98 Å². The van der Waals surface area contributed by atoms with Gasteiger partial charge in [-0.15, -0.1) is 0 Å². The average molecular weight is 286 g/mol. The van der Waals surface area contributed by atoms with Crippen LogP contribution in [0.2, 0.25) is 0 Å². The normalized spacial score (nSPS) is 10.7. The van der Waals surface area contributed by atoms with Gasteiger partial charge in [0.1, 0.15) is 17.3 Å². The first-order valence-corrected chi connectivity index (χ1v) is 7.16. The van der Waals surface area contributed by atoms with E-state index in [0.29, 0.717) is 12.5 Å². The molecule has 0 spiro atoms. The van der Waals surface area contributed by atoms with E-state index in [2.05, 4.69) is 31.0 Å². The van der Waals surface area contributed by atoms with Crippen LogP contribution in [0.15, 0.2) is 42.6 Å². The molecule has 1 aromatic carbocycles. The zero-order valence-electron chi connectivity index (χ0n) is 12.8. The number of hydrogen-bond acceptors (Lipinski definition) is 4. The molecule has 0 atom stereocenters. The molecule has 0 saturated carbocycles. The summed E-state index contributed by atoms with van der Waals surface area (Å²) < 4.78 is 5.85. The lowest BCUT2D eigenvalue weighted by molar-refractivity contribution is 0.304. The van der Waals surface area contributed by atoms with Gasteiger partial charge in [0.15, 0.2) is 0 Å². The van der Waals surface area contributed by atoms with Crippen molar-refractivity contribution in [3.05, 3.63) is 48.2 Å². The SMILES string of the molecule is CC(C)c1ccc(Oc2ccnc(N(C)CCO)c2)cc1. The van der Waals surface area contributed by atoms with E-state index in [1.807, 2.05) is 36.2 Å². The number of pyridine rings is 1. The Bertz CT molecular complexity index is 567. The highest BCUT2D eigenvalue weighted by atomic mass is 16.5. The van der Waals surface area contributed by atoms with Crippen molar-refractivity contribution >= 4 is 5.82 Å². The topological polar surface area (TPSA) is 45.6 Å². The van der Waals surface area contributed by atoms with Gasteiger partial charge in [-0.05, 0) is 29.7 Å². The highest BCUT2D eigenvalue weighted by Crippen LogP contribution is 2.25. The predicted molar refractivity (Wildman–Crippen MR) is 85.2 cm³/mol.